The second kappa shape index (κ2) is 6.89. The molecule has 2 nitrogen and oxygen atoms in total. The van der Waals surface area contributed by atoms with Gasteiger partial charge < -0.3 is 5.32 Å². The topological polar surface area (TPSA) is 29.1 Å². The summed E-state index contributed by atoms with van der Waals surface area (Å²) in [6.07, 6.45) is 14.9. The first-order valence-corrected chi connectivity index (χ1v) is 9.64. The van der Waals surface area contributed by atoms with Gasteiger partial charge in [0.25, 0.3) is 0 Å². The fraction of sp³-hybridized carbons (Fsp3) is 0.944. The molecule has 0 radical (unpaired) electrons. The van der Waals surface area contributed by atoms with Gasteiger partial charge in [-0.2, -0.15) is 0 Å². The first-order valence-electron chi connectivity index (χ1n) is 9.10. The predicted octanol–water partition coefficient (Wildman–Crippen LogP) is 4.65. The van der Waals surface area contributed by atoms with Crippen LogP contribution in [-0.4, -0.2) is 17.3 Å². The van der Waals surface area contributed by atoms with Crippen LogP contribution in [0.5, 0.6) is 0 Å². The van der Waals surface area contributed by atoms with Gasteiger partial charge in [-0.25, -0.2) is 0 Å². The fourth-order valence-corrected chi connectivity index (χ4v) is 5.33. The molecule has 0 aliphatic heterocycles. The smallest absolute Gasteiger partial charge is 0.223 e. The van der Waals surface area contributed by atoms with Crippen molar-refractivity contribution in [1.82, 2.24) is 5.32 Å². The van der Waals surface area contributed by atoms with Crippen molar-refractivity contribution in [3.63, 3.8) is 0 Å². The van der Waals surface area contributed by atoms with Gasteiger partial charge in [-0.05, 0) is 43.9 Å². The molecule has 3 unspecified atom stereocenters. The van der Waals surface area contributed by atoms with Crippen LogP contribution in [0.15, 0.2) is 0 Å². The molecule has 21 heavy (non-hydrogen) atoms. The van der Waals surface area contributed by atoms with Gasteiger partial charge in [0, 0.05) is 11.8 Å². The van der Waals surface area contributed by atoms with E-state index >= 15 is 0 Å². The van der Waals surface area contributed by atoms with E-state index in [4.69, 9.17) is 11.6 Å². The Labute approximate surface area is 134 Å². The summed E-state index contributed by atoms with van der Waals surface area (Å²) in [5.74, 6) is 2.88. The van der Waals surface area contributed by atoms with Crippen molar-refractivity contribution in [3.05, 3.63) is 0 Å². The van der Waals surface area contributed by atoms with E-state index in [0.29, 0.717) is 11.8 Å². The van der Waals surface area contributed by atoms with Gasteiger partial charge >= 0.3 is 0 Å². The molecule has 3 atom stereocenters. The van der Waals surface area contributed by atoms with E-state index in [1.165, 1.54) is 51.4 Å². The van der Waals surface area contributed by atoms with Gasteiger partial charge in [-0.1, -0.05) is 44.9 Å². The highest BCUT2D eigenvalue weighted by molar-refractivity contribution is 6.18. The van der Waals surface area contributed by atoms with Crippen LogP contribution in [0.25, 0.3) is 0 Å². The van der Waals surface area contributed by atoms with Crippen LogP contribution in [0, 0.1) is 17.8 Å². The van der Waals surface area contributed by atoms with E-state index < -0.39 is 0 Å². The second-order valence-corrected chi connectivity index (χ2v) is 8.05. The average Bonchev–Trinajstić information content (AvgIpc) is 2.55. The molecule has 0 heterocycles. The molecule has 3 aliphatic carbocycles. The third kappa shape index (κ3) is 3.57. The molecule has 0 aromatic heterocycles. The lowest BCUT2D eigenvalue weighted by atomic mass is 9.67. The molecule has 3 heteroatoms. The Morgan fingerprint density at radius 1 is 0.952 bits per heavy atom. The zero-order valence-corrected chi connectivity index (χ0v) is 14.0. The van der Waals surface area contributed by atoms with Crippen LogP contribution in [0.2, 0.25) is 0 Å². The molecule has 0 saturated heterocycles. The van der Waals surface area contributed by atoms with Crippen LogP contribution >= 0.6 is 11.6 Å². The first kappa shape index (κ1) is 15.6. The molecule has 1 amide bonds. The highest BCUT2D eigenvalue weighted by Crippen LogP contribution is 2.43. The van der Waals surface area contributed by atoms with Crippen LogP contribution in [0.1, 0.15) is 77.0 Å². The van der Waals surface area contributed by atoms with Crippen LogP contribution in [-0.2, 0) is 4.79 Å². The summed E-state index contributed by atoms with van der Waals surface area (Å²) in [6.45, 7) is 0. The summed E-state index contributed by atoms with van der Waals surface area (Å²) in [7, 11) is 0. The molecule has 120 valence electrons. The Kier molecular flexibility index (Phi) is 5.14. The molecular formula is C18H30ClNO. The Bertz CT molecular complexity index is 364. The van der Waals surface area contributed by atoms with Crippen molar-refractivity contribution < 1.29 is 4.79 Å². The number of hydrogen-bond acceptors (Lipinski definition) is 1. The predicted molar refractivity (Wildman–Crippen MR) is 87.5 cm³/mol. The lowest BCUT2D eigenvalue weighted by Crippen LogP contribution is -2.53. The lowest BCUT2D eigenvalue weighted by Gasteiger charge is -2.41. The molecule has 1 N–H and O–H groups in total. The maximum absolute atomic E-state index is 12.7. The van der Waals surface area contributed by atoms with E-state index in [-0.39, 0.29) is 11.5 Å². The molecule has 0 spiro atoms. The van der Waals surface area contributed by atoms with Gasteiger partial charge in [-0.15, -0.1) is 11.6 Å². The highest BCUT2D eigenvalue weighted by atomic mass is 35.5. The van der Waals surface area contributed by atoms with Crippen molar-refractivity contribution in [2.45, 2.75) is 82.6 Å². The molecule has 3 fully saturated rings. The number of carbonyl (C=O) groups excluding carboxylic acids is 1. The quantitative estimate of drug-likeness (QED) is 0.755. The van der Waals surface area contributed by atoms with Gasteiger partial charge in [0.1, 0.15) is 0 Å². The molecule has 3 aliphatic rings. The molecule has 3 rings (SSSR count). The van der Waals surface area contributed by atoms with Gasteiger partial charge in [0.15, 0.2) is 0 Å². The number of fused-ring (bicyclic) bond motifs is 1. The van der Waals surface area contributed by atoms with Crippen molar-refractivity contribution in [3.8, 4) is 0 Å². The average molecular weight is 312 g/mol. The Balaban J connectivity index is 1.57. The maximum atomic E-state index is 12.7. The van der Waals surface area contributed by atoms with Crippen LogP contribution in [0.4, 0.5) is 0 Å². The summed E-state index contributed by atoms with van der Waals surface area (Å²) in [4.78, 5) is 12.7. The molecule has 0 aromatic carbocycles. The number of halogens is 1. The van der Waals surface area contributed by atoms with E-state index in [2.05, 4.69) is 5.32 Å². The molecular weight excluding hydrogens is 282 g/mol. The number of nitrogens with one attached hydrogen (secondary N) is 1. The standard InChI is InChI=1S/C18H30ClNO/c19-13-18(10-4-1-5-11-18)20-17(21)16-9-8-14-6-2-3-7-15(14)12-16/h14-16H,1-13H2,(H,20,21). The van der Waals surface area contributed by atoms with Crippen LogP contribution < -0.4 is 5.32 Å². The zero-order chi connectivity index (χ0) is 14.7. The first-order chi connectivity index (χ1) is 10.2. The molecule has 0 bridgehead atoms. The number of rotatable bonds is 3. The summed E-state index contributed by atoms with van der Waals surface area (Å²) in [5, 5.41) is 3.38. The maximum Gasteiger partial charge on any atom is 0.223 e. The van der Waals surface area contributed by atoms with Crippen molar-refractivity contribution in [1.29, 1.82) is 0 Å². The highest BCUT2D eigenvalue weighted by Gasteiger charge is 2.38. The van der Waals surface area contributed by atoms with Crippen molar-refractivity contribution in [2.24, 2.45) is 17.8 Å². The number of amides is 1. The van der Waals surface area contributed by atoms with Gasteiger partial charge in [-0.3, -0.25) is 4.79 Å². The Morgan fingerprint density at radius 3 is 2.38 bits per heavy atom. The van der Waals surface area contributed by atoms with Crippen molar-refractivity contribution in [2.75, 3.05) is 5.88 Å². The normalized spacial score (nSPS) is 35.8. The van der Waals surface area contributed by atoms with E-state index in [0.717, 1.165) is 37.5 Å². The number of alkyl halides is 1. The van der Waals surface area contributed by atoms with Crippen molar-refractivity contribution >= 4 is 17.5 Å². The summed E-state index contributed by atoms with van der Waals surface area (Å²) in [5.41, 5.74) is -0.0969. The Hall–Kier alpha value is -0.240. The number of carbonyl (C=O) groups is 1. The largest absolute Gasteiger partial charge is 0.349 e. The summed E-state index contributed by atoms with van der Waals surface area (Å²) in [6, 6.07) is 0. The van der Waals surface area contributed by atoms with E-state index in [1.807, 2.05) is 0 Å². The van der Waals surface area contributed by atoms with Crippen LogP contribution in [0.3, 0.4) is 0 Å². The number of hydrogen-bond donors (Lipinski definition) is 1. The zero-order valence-electron chi connectivity index (χ0n) is 13.2. The van der Waals surface area contributed by atoms with Gasteiger partial charge in [0.2, 0.25) is 5.91 Å². The van der Waals surface area contributed by atoms with Gasteiger partial charge in [0.05, 0.1) is 5.54 Å². The molecule has 3 saturated carbocycles. The minimum Gasteiger partial charge on any atom is -0.349 e. The third-order valence-corrected chi connectivity index (χ3v) is 6.88. The summed E-state index contributed by atoms with van der Waals surface area (Å²) >= 11 is 6.22. The summed E-state index contributed by atoms with van der Waals surface area (Å²) < 4.78 is 0. The minimum atomic E-state index is -0.0969. The fourth-order valence-electron chi connectivity index (χ4n) is 5.00. The third-order valence-electron chi connectivity index (χ3n) is 6.37. The monoisotopic (exact) mass is 311 g/mol. The Morgan fingerprint density at radius 2 is 1.67 bits per heavy atom. The van der Waals surface area contributed by atoms with E-state index in [9.17, 15) is 4.79 Å². The molecule has 0 aromatic rings. The SMILES string of the molecule is O=C(NC1(CCl)CCCCC1)C1CCC2CCCCC2C1. The minimum absolute atomic E-state index is 0.0969. The van der Waals surface area contributed by atoms with E-state index in [1.54, 1.807) is 0 Å². The second-order valence-electron chi connectivity index (χ2n) is 7.78. The lowest BCUT2D eigenvalue weighted by molar-refractivity contribution is -0.129.